The van der Waals surface area contributed by atoms with Gasteiger partial charge in [-0.1, -0.05) is 49.7 Å². The van der Waals surface area contributed by atoms with Gasteiger partial charge in [-0.15, -0.1) is 12.4 Å². The van der Waals surface area contributed by atoms with Crippen molar-refractivity contribution in [1.82, 2.24) is 4.98 Å². The van der Waals surface area contributed by atoms with Crippen molar-refractivity contribution in [3.05, 3.63) is 89.7 Å². The summed E-state index contributed by atoms with van der Waals surface area (Å²) in [5, 5.41) is 0. The number of benzene rings is 2. The summed E-state index contributed by atoms with van der Waals surface area (Å²) in [6.07, 6.45) is 2.27. The van der Waals surface area contributed by atoms with Crippen LogP contribution in [0, 0.1) is 6.92 Å². The van der Waals surface area contributed by atoms with Gasteiger partial charge in [0, 0.05) is 24.9 Å². The van der Waals surface area contributed by atoms with Gasteiger partial charge in [0.15, 0.2) is 0 Å². The Morgan fingerprint density at radius 2 is 1.59 bits per heavy atom. The van der Waals surface area contributed by atoms with Gasteiger partial charge in [-0.2, -0.15) is 0 Å². The molecule has 0 aliphatic heterocycles. The number of aryl methyl sites for hydroxylation is 1. The lowest BCUT2D eigenvalue weighted by Gasteiger charge is -2.25. The molecule has 1 aromatic heterocycles. The van der Waals surface area contributed by atoms with Crippen LogP contribution in [0.4, 0.5) is 5.69 Å². The van der Waals surface area contributed by atoms with Crippen molar-refractivity contribution in [3.63, 3.8) is 0 Å². The molecule has 0 saturated carbocycles. The van der Waals surface area contributed by atoms with Gasteiger partial charge in [0.1, 0.15) is 0 Å². The van der Waals surface area contributed by atoms with E-state index in [4.69, 9.17) is 0 Å². The van der Waals surface area contributed by atoms with E-state index in [1.54, 1.807) is 18.3 Å². The van der Waals surface area contributed by atoms with Crippen molar-refractivity contribution in [2.24, 2.45) is 0 Å². The minimum atomic E-state index is -3.67. The van der Waals surface area contributed by atoms with Crippen molar-refractivity contribution in [3.8, 4) is 0 Å². The van der Waals surface area contributed by atoms with E-state index in [1.165, 1.54) is 9.87 Å². The Bertz CT molecular complexity index is 1000. The van der Waals surface area contributed by atoms with Crippen LogP contribution in [0.25, 0.3) is 0 Å². The summed E-state index contributed by atoms with van der Waals surface area (Å²) < 4.78 is 28.3. The largest absolute Gasteiger partial charge is 0.266 e. The molecular weight excluding hydrogens is 404 g/mol. The van der Waals surface area contributed by atoms with E-state index < -0.39 is 10.0 Å². The highest BCUT2D eigenvalue weighted by atomic mass is 35.5. The molecule has 0 unspecified atom stereocenters. The molecule has 0 radical (unpaired) electrons. The number of pyridine rings is 1. The maximum absolute atomic E-state index is 13.4. The molecule has 0 bridgehead atoms. The third-order valence-electron chi connectivity index (χ3n) is 4.75. The second kappa shape index (κ2) is 9.90. The lowest BCUT2D eigenvalue weighted by molar-refractivity contribution is 0.590. The Labute approximate surface area is 180 Å². The van der Waals surface area contributed by atoms with E-state index in [9.17, 15) is 8.42 Å². The SMILES string of the molecule is Cc1ccc(S(=O)(=O)N(CCc2ccccn2)c2ccc(C(C)C)cc2)cc1.Cl. The maximum Gasteiger partial charge on any atom is 0.264 e. The Morgan fingerprint density at radius 1 is 0.931 bits per heavy atom. The summed E-state index contributed by atoms with van der Waals surface area (Å²) >= 11 is 0. The highest BCUT2D eigenvalue weighted by Gasteiger charge is 2.25. The predicted octanol–water partition coefficient (Wildman–Crippen LogP) is 5.37. The molecule has 1 heterocycles. The van der Waals surface area contributed by atoms with Crippen LogP contribution in [0.15, 0.2) is 77.8 Å². The van der Waals surface area contributed by atoms with Crippen LogP contribution in [-0.4, -0.2) is 19.9 Å². The average molecular weight is 431 g/mol. The number of rotatable bonds is 7. The lowest BCUT2D eigenvalue weighted by Crippen LogP contribution is -2.33. The Balaban J connectivity index is 0.00000300. The molecule has 154 valence electrons. The maximum atomic E-state index is 13.4. The molecule has 2 aromatic carbocycles. The van der Waals surface area contributed by atoms with E-state index in [0.717, 1.165) is 11.3 Å². The van der Waals surface area contributed by atoms with Crippen LogP contribution >= 0.6 is 12.4 Å². The van der Waals surface area contributed by atoms with Crippen molar-refractivity contribution >= 4 is 28.1 Å². The minimum Gasteiger partial charge on any atom is -0.266 e. The number of anilines is 1. The molecule has 4 nitrogen and oxygen atoms in total. The molecule has 0 N–H and O–H groups in total. The molecule has 6 heteroatoms. The second-order valence-electron chi connectivity index (χ2n) is 7.21. The van der Waals surface area contributed by atoms with Gasteiger partial charge in [-0.05, 0) is 54.8 Å². The summed E-state index contributed by atoms with van der Waals surface area (Å²) in [7, 11) is -3.67. The van der Waals surface area contributed by atoms with Crippen molar-refractivity contribution in [2.75, 3.05) is 10.8 Å². The average Bonchev–Trinajstić information content (AvgIpc) is 2.69. The summed E-state index contributed by atoms with van der Waals surface area (Å²) in [5.41, 5.74) is 3.74. The smallest absolute Gasteiger partial charge is 0.264 e. The fraction of sp³-hybridized carbons (Fsp3) is 0.261. The van der Waals surface area contributed by atoms with Crippen LogP contribution in [0.1, 0.15) is 36.6 Å². The first-order valence-corrected chi connectivity index (χ1v) is 10.9. The van der Waals surface area contributed by atoms with Gasteiger partial charge in [-0.25, -0.2) is 8.42 Å². The summed E-state index contributed by atoms with van der Waals surface area (Å²) in [4.78, 5) is 4.62. The zero-order valence-electron chi connectivity index (χ0n) is 16.9. The van der Waals surface area contributed by atoms with Crippen molar-refractivity contribution in [2.45, 2.75) is 38.0 Å². The highest BCUT2D eigenvalue weighted by molar-refractivity contribution is 7.92. The number of aromatic nitrogens is 1. The van der Waals surface area contributed by atoms with Crippen LogP contribution < -0.4 is 4.31 Å². The Morgan fingerprint density at radius 3 is 2.14 bits per heavy atom. The standard InChI is InChI=1S/C23H26N2O2S.ClH/c1-18(2)20-9-11-22(12-10-20)25(17-15-21-6-4-5-16-24-21)28(26,27)23-13-7-19(3)8-14-23;/h4-14,16,18H,15,17H2,1-3H3;1H. The Hall–Kier alpha value is -2.37. The molecule has 3 aromatic rings. The highest BCUT2D eigenvalue weighted by Crippen LogP contribution is 2.26. The van der Waals surface area contributed by atoms with E-state index in [1.807, 2.05) is 61.5 Å². The van der Waals surface area contributed by atoms with Gasteiger partial charge in [0.2, 0.25) is 0 Å². The molecule has 0 amide bonds. The number of hydrogen-bond acceptors (Lipinski definition) is 3. The summed E-state index contributed by atoms with van der Waals surface area (Å²) in [5.74, 6) is 0.393. The van der Waals surface area contributed by atoms with E-state index in [2.05, 4.69) is 18.8 Å². The molecule has 0 spiro atoms. The molecule has 0 fully saturated rings. The van der Waals surface area contributed by atoms with Gasteiger partial charge in [0.05, 0.1) is 10.6 Å². The number of sulfonamides is 1. The van der Waals surface area contributed by atoms with E-state index in [-0.39, 0.29) is 12.4 Å². The third kappa shape index (κ3) is 5.58. The fourth-order valence-electron chi connectivity index (χ4n) is 3.01. The summed E-state index contributed by atoms with van der Waals surface area (Å²) in [6, 6.07) is 20.4. The van der Waals surface area contributed by atoms with Crippen LogP contribution in [0.3, 0.4) is 0 Å². The zero-order chi connectivity index (χ0) is 20.1. The van der Waals surface area contributed by atoms with Crippen molar-refractivity contribution < 1.29 is 8.42 Å². The lowest BCUT2D eigenvalue weighted by atomic mass is 10.0. The normalized spacial score (nSPS) is 11.2. The Kier molecular flexibility index (Phi) is 7.82. The number of hydrogen-bond donors (Lipinski definition) is 0. The third-order valence-corrected chi connectivity index (χ3v) is 6.60. The molecule has 0 aliphatic rings. The molecule has 0 aliphatic carbocycles. The van der Waals surface area contributed by atoms with Gasteiger partial charge >= 0.3 is 0 Å². The van der Waals surface area contributed by atoms with Gasteiger partial charge in [0.25, 0.3) is 10.0 Å². The molecule has 0 atom stereocenters. The summed E-state index contributed by atoms with van der Waals surface area (Å²) in [6.45, 7) is 6.52. The monoisotopic (exact) mass is 430 g/mol. The first kappa shape index (κ1) is 22.9. The first-order chi connectivity index (χ1) is 13.4. The zero-order valence-corrected chi connectivity index (χ0v) is 18.6. The van der Waals surface area contributed by atoms with Gasteiger partial charge in [-0.3, -0.25) is 9.29 Å². The van der Waals surface area contributed by atoms with Crippen LogP contribution in [0.2, 0.25) is 0 Å². The predicted molar refractivity (Wildman–Crippen MR) is 121 cm³/mol. The first-order valence-electron chi connectivity index (χ1n) is 9.47. The number of halogens is 1. The minimum absolute atomic E-state index is 0. The molecule has 0 saturated heterocycles. The van der Waals surface area contributed by atoms with Gasteiger partial charge < -0.3 is 0 Å². The van der Waals surface area contributed by atoms with E-state index in [0.29, 0.717) is 29.5 Å². The second-order valence-corrected chi connectivity index (χ2v) is 9.07. The van der Waals surface area contributed by atoms with Crippen LogP contribution in [-0.2, 0) is 16.4 Å². The molecule has 29 heavy (non-hydrogen) atoms. The molecular formula is C23H27ClN2O2S. The topological polar surface area (TPSA) is 50.3 Å². The fourth-order valence-corrected chi connectivity index (χ4v) is 4.48. The quantitative estimate of drug-likeness (QED) is 0.506. The molecule has 3 rings (SSSR count). The van der Waals surface area contributed by atoms with Crippen molar-refractivity contribution in [1.29, 1.82) is 0 Å². The van der Waals surface area contributed by atoms with Crippen LogP contribution in [0.5, 0.6) is 0 Å². The number of nitrogens with zero attached hydrogens (tertiary/aromatic N) is 2. The van der Waals surface area contributed by atoms with E-state index >= 15 is 0 Å².